The molecule has 1 heterocycles. The molecule has 0 saturated heterocycles. The molecule has 0 amide bonds. The van der Waals surface area contributed by atoms with Crippen LogP contribution in [0.2, 0.25) is 0 Å². The molecule has 7 heteroatoms. The molecule has 0 unspecified atom stereocenters. The average Bonchev–Trinajstić information content (AvgIpc) is 2.68. The summed E-state index contributed by atoms with van der Waals surface area (Å²) >= 11 is 3.29. The van der Waals surface area contributed by atoms with Gasteiger partial charge >= 0.3 is 5.95 Å². The van der Waals surface area contributed by atoms with E-state index in [-0.39, 0.29) is 5.95 Å². The quantitative estimate of drug-likeness (QED) is 0.668. The van der Waals surface area contributed by atoms with E-state index >= 15 is 0 Å². The first-order valence-electron chi connectivity index (χ1n) is 3.99. The zero-order valence-corrected chi connectivity index (χ0v) is 8.93. The molecule has 0 aliphatic heterocycles. The van der Waals surface area contributed by atoms with Gasteiger partial charge < -0.3 is 10.1 Å². The zero-order valence-electron chi connectivity index (χ0n) is 7.35. The first kappa shape index (κ1) is 9.78. The molecule has 2 aromatic rings. The molecule has 1 N–H and O–H groups in total. The Balaban J connectivity index is 2.37. The van der Waals surface area contributed by atoms with E-state index in [0.29, 0.717) is 5.82 Å². The normalized spacial score (nSPS) is 10.2. The molecule has 0 fully saturated rings. The van der Waals surface area contributed by atoms with Crippen molar-refractivity contribution in [3.05, 3.63) is 38.9 Å². The molecule has 6 nitrogen and oxygen atoms in total. The Morgan fingerprint density at radius 3 is 2.53 bits per heavy atom. The summed E-state index contributed by atoms with van der Waals surface area (Å²) in [6, 6.07) is 7.18. The van der Waals surface area contributed by atoms with Crippen molar-refractivity contribution < 1.29 is 4.92 Å². The van der Waals surface area contributed by atoms with Gasteiger partial charge in [0.05, 0.1) is 0 Å². The standard InChI is InChI=1S/C8H5BrN4O2/c9-6-3-1-5(2-4-6)7-10-8(12-11-7)13(14)15/h1-4H,(H,10,11,12). The van der Waals surface area contributed by atoms with E-state index in [4.69, 9.17) is 0 Å². The van der Waals surface area contributed by atoms with Gasteiger partial charge in [0, 0.05) is 10.0 Å². The van der Waals surface area contributed by atoms with Gasteiger partial charge in [-0.3, -0.25) is 0 Å². The van der Waals surface area contributed by atoms with Gasteiger partial charge in [-0.1, -0.05) is 21.0 Å². The van der Waals surface area contributed by atoms with Crippen molar-refractivity contribution in [2.45, 2.75) is 0 Å². The number of aromatic amines is 1. The van der Waals surface area contributed by atoms with E-state index in [0.717, 1.165) is 10.0 Å². The molecule has 15 heavy (non-hydrogen) atoms. The van der Waals surface area contributed by atoms with Crippen molar-refractivity contribution in [2.24, 2.45) is 0 Å². The van der Waals surface area contributed by atoms with E-state index < -0.39 is 4.92 Å². The van der Waals surface area contributed by atoms with Gasteiger partial charge in [0.2, 0.25) is 0 Å². The molecule has 0 aliphatic rings. The van der Waals surface area contributed by atoms with Gasteiger partial charge in [-0.2, -0.15) is 0 Å². The highest BCUT2D eigenvalue weighted by molar-refractivity contribution is 9.10. The fourth-order valence-corrected chi connectivity index (χ4v) is 1.33. The van der Waals surface area contributed by atoms with Gasteiger partial charge in [-0.05, 0) is 34.2 Å². The van der Waals surface area contributed by atoms with Crippen LogP contribution in [0.15, 0.2) is 28.7 Å². The number of aromatic nitrogens is 3. The number of hydrogen-bond donors (Lipinski definition) is 1. The van der Waals surface area contributed by atoms with Gasteiger partial charge in [-0.15, -0.1) is 5.10 Å². The zero-order chi connectivity index (χ0) is 10.8. The molecule has 0 radical (unpaired) electrons. The molecule has 0 atom stereocenters. The number of benzene rings is 1. The number of rotatable bonds is 2. The lowest BCUT2D eigenvalue weighted by Gasteiger charge is -1.91. The van der Waals surface area contributed by atoms with E-state index in [1.807, 2.05) is 12.1 Å². The summed E-state index contributed by atoms with van der Waals surface area (Å²) in [6.07, 6.45) is 0. The molecule has 1 aromatic heterocycles. The second-order valence-corrected chi connectivity index (χ2v) is 3.66. The van der Waals surface area contributed by atoms with Crippen molar-refractivity contribution in [3.8, 4) is 11.4 Å². The highest BCUT2D eigenvalue weighted by Gasteiger charge is 2.14. The van der Waals surface area contributed by atoms with Crippen LogP contribution in [0.5, 0.6) is 0 Å². The first-order chi connectivity index (χ1) is 7.16. The first-order valence-corrected chi connectivity index (χ1v) is 4.79. The van der Waals surface area contributed by atoms with Crippen LogP contribution in [0.4, 0.5) is 5.95 Å². The second-order valence-electron chi connectivity index (χ2n) is 2.75. The van der Waals surface area contributed by atoms with Crippen LogP contribution in [0.1, 0.15) is 0 Å². The summed E-state index contributed by atoms with van der Waals surface area (Å²) < 4.78 is 0.927. The molecule has 0 bridgehead atoms. The van der Waals surface area contributed by atoms with E-state index in [2.05, 4.69) is 31.1 Å². The summed E-state index contributed by atoms with van der Waals surface area (Å²) in [4.78, 5) is 13.5. The summed E-state index contributed by atoms with van der Waals surface area (Å²) in [7, 11) is 0. The largest absolute Gasteiger partial charge is 0.453 e. The second kappa shape index (κ2) is 3.77. The minimum absolute atomic E-state index is 0.314. The number of nitro groups is 1. The molecule has 0 aliphatic carbocycles. The third-order valence-corrected chi connectivity index (χ3v) is 2.28. The van der Waals surface area contributed by atoms with Crippen LogP contribution in [0.25, 0.3) is 11.4 Å². The van der Waals surface area contributed by atoms with Crippen molar-refractivity contribution in [1.29, 1.82) is 0 Å². The third-order valence-electron chi connectivity index (χ3n) is 1.75. The SMILES string of the molecule is O=[N+]([O-])c1nc(-c2ccc(Br)cc2)n[nH]1. The lowest BCUT2D eigenvalue weighted by atomic mass is 10.2. The van der Waals surface area contributed by atoms with Crippen molar-refractivity contribution in [3.63, 3.8) is 0 Å². The van der Waals surface area contributed by atoms with Crippen LogP contribution < -0.4 is 0 Å². The molecule has 0 saturated carbocycles. The predicted molar refractivity (Wildman–Crippen MR) is 56.2 cm³/mol. The maximum absolute atomic E-state index is 10.4. The Kier molecular flexibility index (Phi) is 2.46. The van der Waals surface area contributed by atoms with E-state index in [1.54, 1.807) is 12.1 Å². The van der Waals surface area contributed by atoms with Crippen LogP contribution >= 0.6 is 15.9 Å². The third kappa shape index (κ3) is 2.01. The van der Waals surface area contributed by atoms with E-state index in [1.165, 1.54) is 0 Å². The average molecular weight is 269 g/mol. The highest BCUT2D eigenvalue weighted by Crippen LogP contribution is 2.19. The number of nitrogens with zero attached hydrogens (tertiary/aromatic N) is 3. The monoisotopic (exact) mass is 268 g/mol. The Labute approximate surface area is 92.6 Å². The topological polar surface area (TPSA) is 84.7 Å². The number of halogens is 1. The Bertz CT molecular complexity index is 494. The number of nitrogens with one attached hydrogen (secondary N) is 1. The van der Waals surface area contributed by atoms with Crippen LogP contribution in [-0.2, 0) is 0 Å². The lowest BCUT2D eigenvalue weighted by Crippen LogP contribution is -1.89. The Morgan fingerprint density at radius 1 is 1.33 bits per heavy atom. The molecular weight excluding hydrogens is 264 g/mol. The van der Waals surface area contributed by atoms with Gasteiger partial charge in [0.1, 0.15) is 0 Å². The number of hydrogen-bond acceptors (Lipinski definition) is 4. The maximum atomic E-state index is 10.4. The van der Waals surface area contributed by atoms with Crippen molar-refractivity contribution in [1.82, 2.24) is 15.2 Å². The number of H-pyrrole nitrogens is 1. The molecular formula is C8H5BrN4O2. The van der Waals surface area contributed by atoms with Crippen LogP contribution in [0.3, 0.4) is 0 Å². The minimum atomic E-state index is -0.616. The van der Waals surface area contributed by atoms with Gasteiger partial charge in [-0.25, -0.2) is 0 Å². The summed E-state index contributed by atoms with van der Waals surface area (Å²) in [5, 5.41) is 16.4. The molecule has 0 spiro atoms. The van der Waals surface area contributed by atoms with Gasteiger partial charge in [0.15, 0.2) is 0 Å². The maximum Gasteiger partial charge on any atom is 0.453 e. The van der Waals surface area contributed by atoms with Gasteiger partial charge in [0.25, 0.3) is 5.82 Å². The highest BCUT2D eigenvalue weighted by atomic mass is 79.9. The van der Waals surface area contributed by atoms with Crippen molar-refractivity contribution in [2.75, 3.05) is 0 Å². The predicted octanol–water partition coefficient (Wildman–Crippen LogP) is 2.14. The molecule has 1 aromatic carbocycles. The lowest BCUT2D eigenvalue weighted by molar-refractivity contribution is -0.394. The summed E-state index contributed by atoms with van der Waals surface area (Å²) in [5.74, 6) is -0.0397. The smallest absolute Gasteiger partial charge is 0.390 e. The van der Waals surface area contributed by atoms with Crippen molar-refractivity contribution >= 4 is 21.9 Å². The summed E-state index contributed by atoms with van der Waals surface area (Å²) in [5.41, 5.74) is 0.725. The Morgan fingerprint density at radius 2 is 2.00 bits per heavy atom. The summed E-state index contributed by atoms with van der Waals surface area (Å²) in [6.45, 7) is 0. The minimum Gasteiger partial charge on any atom is -0.390 e. The fourth-order valence-electron chi connectivity index (χ4n) is 1.06. The van der Waals surface area contributed by atoms with E-state index in [9.17, 15) is 10.1 Å². The Hall–Kier alpha value is -1.76. The fraction of sp³-hybridized carbons (Fsp3) is 0. The molecule has 76 valence electrons. The van der Waals surface area contributed by atoms with Crippen LogP contribution in [-0.4, -0.2) is 20.1 Å². The van der Waals surface area contributed by atoms with Crippen LogP contribution in [0, 0.1) is 10.1 Å². The molecule has 2 rings (SSSR count).